The molecule has 0 spiro atoms. The first-order valence-electron chi connectivity index (χ1n) is 9.70. The van der Waals surface area contributed by atoms with Crippen molar-refractivity contribution in [1.29, 1.82) is 0 Å². The number of ether oxygens (including phenoxy) is 2. The average Bonchev–Trinajstić information content (AvgIpc) is 2.59. The highest BCUT2D eigenvalue weighted by molar-refractivity contribution is 5.94. The normalized spacial score (nSPS) is 32.5. The Morgan fingerprint density at radius 1 is 1.12 bits per heavy atom. The van der Waals surface area contributed by atoms with Crippen molar-refractivity contribution in [2.45, 2.75) is 45.4 Å². The molecule has 4 bridgehead atoms. The van der Waals surface area contributed by atoms with Crippen LogP contribution in [0.1, 0.15) is 55.8 Å². The van der Waals surface area contributed by atoms with Crippen molar-refractivity contribution in [3.63, 3.8) is 0 Å². The lowest BCUT2D eigenvalue weighted by molar-refractivity contribution is -0.0503. The van der Waals surface area contributed by atoms with E-state index in [-0.39, 0.29) is 5.91 Å². The van der Waals surface area contributed by atoms with Crippen LogP contribution in [0.5, 0.6) is 11.5 Å². The molecule has 1 aromatic carbocycles. The summed E-state index contributed by atoms with van der Waals surface area (Å²) in [6.45, 7) is 3.30. The number of carbonyl (C=O) groups excluding carboxylic acids is 1. The first-order chi connectivity index (χ1) is 12.1. The maximum Gasteiger partial charge on any atom is 0.251 e. The van der Waals surface area contributed by atoms with Gasteiger partial charge in [-0.05, 0) is 86.8 Å². The quantitative estimate of drug-likeness (QED) is 0.848. The van der Waals surface area contributed by atoms with Gasteiger partial charge in [0.05, 0.1) is 13.7 Å². The number of benzene rings is 1. The molecule has 25 heavy (non-hydrogen) atoms. The Kier molecular flexibility index (Phi) is 4.38. The number of hydrogen-bond donors (Lipinski definition) is 1. The van der Waals surface area contributed by atoms with Gasteiger partial charge in [-0.15, -0.1) is 0 Å². The molecule has 0 unspecified atom stereocenters. The molecule has 5 rings (SSSR count). The molecule has 136 valence electrons. The predicted octanol–water partition coefficient (Wildman–Crippen LogP) is 4.04. The van der Waals surface area contributed by atoms with Crippen molar-refractivity contribution in [3.8, 4) is 11.5 Å². The van der Waals surface area contributed by atoms with Crippen LogP contribution in [0.25, 0.3) is 0 Å². The van der Waals surface area contributed by atoms with E-state index in [4.69, 9.17) is 9.47 Å². The molecule has 0 aromatic heterocycles. The van der Waals surface area contributed by atoms with Gasteiger partial charge in [-0.2, -0.15) is 0 Å². The topological polar surface area (TPSA) is 47.6 Å². The molecule has 0 radical (unpaired) electrons. The minimum absolute atomic E-state index is 0.000600. The highest BCUT2D eigenvalue weighted by atomic mass is 16.5. The molecule has 1 aromatic rings. The number of carbonyl (C=O) groups is 1. The van der Waals surface area contributed by atoms with E-state index in [1.54, 1.807) is 13.2 Å². The first-order valence-corrected chi connectivity index (χ1v) is 9.70. The van der Waals surface area contributed by atoms with Gasteiger partial charge < -0.3 is 14.8 Å². The lowest BCUT2D eigenvalue weighted by Crippen LogP contribution is -2.51. The smallest absolute Gasteiger partial charge is 0.251 e. The Hall–Kier alpha value is -1.71. The zero-order valence-electron chi connectivity index (χ0n) is 15.3. The van der Waals surface area contributed by atoms with Gasteiger partial charge in [0.25, 0.3) is 5.91 Å². The van der Waals surface area contributed by atoms with E-state index >= 15 is 0 Å². The summed E-state index contributed by atoms with van der Waals surface area (Å²) in [6.07, 6.45) is 8.24. The molecular weight excluding hydrogens is 314 g/mol. The van der Waals surface area contributed by atoms with E-state index < -0.39 is 0 Å². The van der Waals surface area contributed by atoms with Gasteiger partial charge in [0.2, 0.25) is 0 Å². The summed E-state index contributed by atoms with van der Waals surface area (Å²) in [6, 6.07) is 5.42. The molecule has 4 saturated carbocycles. The standard InChI is InChI=1S/C21H29NO3/c1-3-25-19-9-17(4-5-18(19)24-2)20(23)22-13-21-10-14-6-15(11-21)8-16(7-14)12-21/h4-5,9,14-16H,3,6-8,10-13H2,1-2H3,(H,22,23). The van der Waals surface area contributed by atoms with Crippen molar-refractivity contribution in [3.05, 3.63) is 23.8 Å². The first kappa shape index (κ1) is 16.7. The van der Waals surface area contributed by atoms with Gasteiger partial charge in [-0.25, -0.2) is 0 Å². The molecule has 0 atom stereocenters. The third-order valence-corrected chi connectivity index (χ3v) is 6.51. The Bertz CT molecular complexity index is 619. The molecule has 4 aliphatic rings. The van der Waals surface area contributed by atoms with E-state index in [1.165, 1.54) is 38.5 Å². The summed E-state index contributed by atoms with van der Waals surface area (Å²) in [5.74, 6) is 4.03. The van der Waals surface area contributed by atoms with Crippen LogP contribution in [-0.2, 0) is 0 Å². The molecule has 4 heteroatoms. The molecule has 0 aliphatic heterocycles. The third-order valence-electron chi connectivity index (χ3n) is 6.51. The van der Waals surface area contributed by atoms with Crippen molar-refractivity contribution in [2.75, 3.05) is 20.3 Å². The lowest BCUT2D eigenvalue weighted by atomic mass is 9.49. The third kappa shape index (κ3) is 3.23. The summed E-state index contributed by atoms with van der Waals surface area (Å²) in [7, 11) is 1.62. The molecule has 4 aliphatic carbocycles. The molecular formula is C21H29NO3. The zero-order valence-corrected chi connectivity index (χ0v) is 15.3. The van der Waals surface area contributed by atoms with Crippen LogP contribution < -0.4 is 14.8 Å². The van der Waals surface area contributed by atoms with Crippen molar-refractivity contribution >= 4 is 5.91 Å². The van der Waals surface area contributed by atoms with Gasteiger partial charge in [-0.1, -0.05) is 0 Å². The summed E-state index contributed by atoms with van der Waals surface area (Å²) in [5, 5.41) is 3.23. The highest BCUT2D eigenvalue weighted by Crippen LogP contribution is 2.59. The monoisotopic (exact) mass is 343 g/mol. The van der Waals surface area contributed by atoms with Gasteiger partial charge in [0, 0.05) is 12.1 Å². The molecule has 1 amide bonds. The van der Waals surface area contributed by atoms with Crippen LogP contribution >= 0.6 is 0 Å². The number of amides is 1. The Morgan fingerprint density at radius 2 is 1.76 bits per heavy atom. The van der Waals surface area contributed by atoms with E-state index in [0.29, 0.717) is 29.1 Å². The van der Waals surface area contributed by atoms with E-state index in [0.717, 1.165) is 24.3 Å². The van der Waals surface area contributed by atoms with Crippen LogP contribution in [0.3, 0.4) is 0 Å². The largest absolute Gasteiger partial charge is 0.493 e. The summed E-state index contributed by atoms with van der Waals surface area (Å²) < 4.78 is 10.9. The second-order valence-corrected chi connectivity index (χ2v) is 8.40. The van der Waals surface area contributed by atoms with Crippen molar-refractivity contribution in [1.82, 2.24) is 5.32 Å². The Labute approximate surface area is 150 Å². The molecule has 0 heterocycles. The summed E-state index contributed by atoms with van der Waals surface area (Å²) in [4.78, 5) is 12.7. The van der Waals surface area contributed by atoms with Crippen LogP contribution in [0, 0.1) is 23.2 Å². The van der Waals surface area contributed by atoms with Gasteiger partial charge in [-0.3, -0.25) is 4.79 Å². The average molecular weight is 343 g/mol. The van der Waals surface area contributed by atoms with Gasteiger partial charge >= 0.3 is 0 Å². The van der Waals surface area contributed by atoms with Crippen molar-refractivity contribution in [2.24, 2.45) is 23.2 Å². The molecule has 4 nitrogen and oxygen atoms in total. The highest BCUT2D eigenvalue weighted by Gasteiger charge is 2.50. The maximum atomic E-state index is 12.7. The lowest BCUT2D eigenvalue weighted by Gasteiger charge is -2.56. The predicted molar refractivity (Wildman–Crippen MR) is 97.1 cm³/mol. The zero-order chi connectivity index (χ0) is 17.4. The Balaban J connectivity index is 1.43. The Morgan fingerprint density at radius 3 is 2.32 bits per heavy atom. The van der Waals surface area contributed by atoms with Crippen molar-refractivity contribution < 1.29 is 14.3 Å². The second kappa shape index (κ2) is 6.54. The fraction of sp³-hybridized carbons (Fsp3) is 0.667. The van der Waals surface area contributed by atoms with E-state index in [1.807, 2.05) is 19.1 Å². The summed E-state index contributed by atoms with van der Waals surface area (Å²) >= 11 is 0. The molecule has 1 N–H and O–H groups in total. The SMILES string of the molecule is CCOc1cc(C(=O)NCC23CC4CC(CC(C4)C2)C3)ccc1OC. The second-order valence-electron chi connectivity index (χ2n) is 8.40. The van der Waals surface area contributed by atoms with E-state index in [2.05, 4.69) is 5.32 Å². The maximum absolute atomic E-state index is 12.7. The minimum atomic E-state index is -0.000600. The molecule has 4 fully saturated rings. The van der Waals surface area contributed by atoms with Crippen LogP contribution in [0.4, 0.5) is 0 Å². The number of nitrogens with one attached hydrogen (secondary N) is 1. The number of hydrogen-bond acceptors (Lipinski definition) is 3. The minimum Gasteiger partial charge on any atom is -0.493 e. The number of rotatable bonds is 6. The molecule has 0 saturated heterocycles. The number of methoxy groups -OCH3 is 1. The summed E-state index contributed by atoms with van der Waals surface area (Å²) in [5.41, 5.74) is 1.01. The van der Waals surface area contributed by atoms with Crippen LogP contribution in [0.15, 0.2) is 18.2 Å². The van der Waals surface area contributed by atoms with Gasteiger partial charge in [0.1, 0.15) is 0 Å². The van der Waals surface area contributed by atoms with Gasteiger partial charge in [0.15, 0.2) is 11.5 Å². The fourth-order valence-corrected chi connectivity index (χ4v) is 5.96. The van der Waals surface area contributed by atoms with E-state index in [9.17, 15) is 4.79 Å². The fourth-order valence-electron chi connectivity index (χ4n) is 5.96. The van der Waals surface area contributed by atoms with Crippen LogP contribution in [0.2, 0.25) is 0 Å². The van der Waals surface area contributed by atoms with Crippen LogP contribution in [-0.4, -0.2) is 26.2 Å².